The minimum absolute atomic E-state index is 0.0934. The number of hydrogen-bond acceptors (Lipinski definition) is 3. The Balaban J connectivity index is 1.69. The predicted octanol–water partition coefficient (Wildman–Crippen LogP) is 3.82. The topological polar surface area (TPSA) is 45.3 Å². The molecule has 2 saturated heterocycles. The molecule has 126 valence electrons. The molecule has 1 aromatic heterocycles. The SMILES string of the molecule is Cc1[nH]c2ccc3c(c2c1C=O)CC1CCCN2CCCCC12O3. The molecule has 1 spiro atoms. The lowest BCUT2D eigenvalue weighted by molar-refractivity contribution is -0.177. The number of carbonyl (C=O) groups excluding carboxylic acids is 1. The van der Waals surface area contributed by atoms with Crippen molar-refractivity contribution in [2.24, 2.45) is 5.92 Å². The lowest BCUT2D eigenvalue weighted by atomic mass is 9.74. The summed E-state index contributed by atoms with van der Waals surface area (Å²) in [5.74, 6) is 1.54. The second kappa shape index (κ2) is 5.09. The molecule has 2 fully saturated rings. The largest absolute Gasteiger partial charge is 0.472 e. The smallest absolute Gasteiger partial charge is 0.166 e. The van der Waals surface area contributed by atoms with Gasteiger partial charge < -0.3 is 9.72 Å². The van der Waals surface area contributed by atoms with Gasteiger partial charge in [0.25, 0.3) is 0 Å². The van der Waals surface area contributed by atoms with Crippen LogP contribution in [-0.2, 0) is 6.42 Å². The summed E-state index contributed by atoms with van der Waals surface area (Å²) in [7, 11) is 0. The lowest BCUT2D eigenvalue weighted by Crippen LogP contribution is -2.64. The fraction of sp³-hybridized carbons (Fsp3) is 0.550. The van der Waals surface area contributed by atoms with Gasteiger partial charge in [-0.25, -0.2) is 0 Å². The fourth-order valence-corrected chi connectivity index (χ4v) is 5.39. The number of ether oxygens (including phenoxy) is 1. The Bertz CT molecular complexity index is 823. The van der Waals surface area contributed by atoms with Crippen molar-refractivity contribution in [3.63, 3.8) is 0 Å². The first kappa shape index (κ1) is 14.5. The normalized spacial score (nSPS) is 29.5. The van der Waals surface area contributed by atoms with Crippen LogP contribution in [0.25, 0.3) is 10.9 Å². The highest BCUT2D eigenvalue weighted by atomic mass is 16.5. The molecule has 0 amide bonds. The minimum Gasteiger partial charge on any atom is -0.472 e. The van der Waals surface area contributed by atoms with E-state index in [2.05, 4.69) is 22.0 Å². The summed E-state index contributed by atoms with van der Waals surface area (Å²) in [5, 5.41) is 1.09. The maximum absolute atomic E-state index is 11.6. The van der Waals surface area contributed by atoms with Crippen LogP contribution in [0, 0.1) is 12.8 Å². The molecule has 4 heteroatoms. The van der Waals surface area contributed by atoms with E-state index in [4.69, 9.17) is 4.74 Å². The molecule has 3 aliphatic rings. The van der Waals surface area contributed by atoms with Gasteiger partial charge in [0.05, 0.1) is 0 Å². The number of aryl methyl sites for hydroxylation is 1. The van der Waals surface area contributed by atoms with Crippen molar-refractivity contribution in [3.8, 4) is 5.75 Å². The average molecular weight is 324 g/mol. The van der Waals surface area contributed by atoms with Gasteiger partial charge in [0.1, 0.15) is 5.75 Å². The van der Waals surface area contributed by atoms with Crippen LogP contribution in [0.5, 0.6) is 5.75 Å². The second-order valence-electron chi connectivity index (χ2n) is 7.68. The molecule has 0 radical (unpaired) electrons. The van der Waals surface area contributed by atoms with Gasteiger partial charge in [0, 0.05) is 53.2 Å². The van der Waals surface area contributed by atoms with E-state index in [-0.39, 0.29) is 5.72 Å². The van der Waals surface area contributed by atoms with E-state index in [0.29, 0.717) is 5.92 Å². The number of benzene rings is 1. The third-order valence-corrected chi connectivity index (χ3v) is 6.49. The number of rotatable bonds is 1. The standard InChI is InChI=1S/C20H24N2O2/c1-13-16(12-23)19-15-11-14-5-4-10-22-9-3-2-8-20(14,22)24-18(15)7-6-17(19)21-13/h6-7,12,14,21H,2-5,8-11H2,1H3. The molecule has 0 bridgehead atoms. The zero-order chi connectivity index (χ0) is 16.3. The maximum Gasteiger partial charge on any atom is 0.166 e. The van der Waals surface area contributed by atoms with Crippen molar-refractivity contribution in [3.05, 3.63) is 29.0 Å². The Morgan fingerprint density at radius 2 is 2.17 bits per heavy atom. The van der Waals surface area contributed by atoms with E-state index < -0.39 is 0 Å². The van der Waals surface area contributed by atoms with Crippen LogP contribution in [0.4, 0.5) is 0 Å². The summed E-state index contributed by atoms with van der Waals surface area (Å²) in [4.78, 5) is 17.6. The van der Waals surface area contributed by atoms with Gasteiger partial charge in [-0.05, 0) is 51.2 Å². The number of aromatic amines is 1. The minimum atomic E-state index is -0.0934. The molecule has 0 aliphatic carbocycles. The van der Waals surface area contributed by atoms with Gasteiger partial charge in [0.15, 0.2) is 12.0 Å². The first-order valence-electron chi connectivity index (χ1n) is 9.26. The number of hydrogen-bond donors (Lipinski definition) is 1. The number of aromatic nitrogens is 1. The number of piperidine rings is 2. The lowest BCUT2D eigenvalue weighted by Gasteiger charge is -2.56. The van der Waals surface area contributed by atoms with Crippen LogP contribution in [0.15, 0.2) is 12.1 Å². The van der Waals surface area contributed by atoms with E-state index in [1.807, 2.05) is 6.92 Å². The molecule has 2 aromatic rings. The van der Waals surface area contributed by atoms with E-state index in [9.17, 15) is 4.79 Å². The predicted molar refractivity (Wildman–Crippen MR) is 93.6 cm³/mol. The Hall–Kier alpha value is -1.81. The summed E-state index contributed by atoms with van der Waals surface area (Å²) in [5.41, 5.74) is 3.96. The third-order valence-electron chi connectivity index (χ3n) is 6.49. The van der Waals surface area contributed by atoms with E-state index in [0.717, 1.165) is 60.1 Å². The molecule has 2 unspecified atom stereocenters. The number of nitrogens with zero attached hydrogens (tertiary/aromatic N) is 1. The summed E-state index contributed by atoms with van der Waals surface area (Å²) in [6.07, 6.45) is 8.19. The van der Waals surface area contributed by atoms with Crippen LogP contribution in [0.3, 0.4) is 0 Å². The van der Waals surface area contributed by atoms with Gasteiger partial charge in [-0.1, -0.05) is 0 Å². The fourth-order valence-electron chi connectivity index (χ4n) is 5.39. The molecule has 5 rings (SSSR count). The van der Waals surface area contributed by atoms with Crippen LogP contribution in [-0.4, -0.2) is 35.0 Å². The summed E-state index contributed by atoms with van der Waals surface area (Å²) in [6.45, 7) is 4.30. The van der Waals surface area contributed by atoms with Gasteiger partial charge in [0.2, 0.25) is 0 Å². The van der Waals surface area contributed by atoms with Crippen molar-refractivity contribution in [2.75, 3.05) is 13.1 Å². The van der Waals surface area contributed by atoms with Crippen molar-refractivity contribution in [1.29, 1.82) is 0 Å². The van der Waals surface area contributed by atoms with E-state index >= 15 is 0 Å². The first-order chi connectivity index (χ1) is 11.7. The third kappa shape index (κ3) is 1.80. The van der Waals surface area contributed by atoms with E-state index in [1.165, 1.54) is 31.2 Å². The highest BCUT2D eigenvalue weighted by Crippen LogP contribution is 2.49. The number of nitrogens with one attached hydrogen (secondary N) is 1. The van der Waals surface area contributed by atoms with Crippen molar-refractivity contribution in [2.45, 2.75) is 51.2 Å². The van der Waals surface area contributed by atoms with E-state index in [1.54, 1.807) is 0 Å². The number of aldehydes is 1. The Labute approximate surface area is 142 Å². The van der Waals surface area contributed by atoms with Gasteiger partial charge in [-0.3, -0.25) is 9.69 Å². The number of fused-ring (bicyclic) bond motifs is 3. The zero-order valence-corrected chi connectivity index (χ0v) is 14.2. The van der Waals surface area contributed by atoms with Crippen molar-refractivity contribution < 1.29 is 9.53 Å². The molecule has 3 aliphatic heterocycles. The Morgan fingerprint density at radius 3 is 3.04 bits per heavy atom. The summed E-state index contributed by atoms with van der Waals surface area (Å²) in [6, 6.07) is 4.18. The second-order valence-corrected chi connectivity index (χ2v) is 7.68. The van der Waals surface area contributed by atoms with Crippen LogP contribution < -0.4 is 4.74 Å². The van der Waals surface area contributed by atoms with Crippen LogP contribution in [0.2, 0.25) is 0 Å². The molecule has 0 saturated carbocycles. The monoisotopic (exact) mass is 324 g/mol. The maximum atomic E-state index is 11.6. The quantitative estimate of drug-likeness (QED) is 0.811. The van der Waals surface area contributed by atoms with Gasteiger partial charge >= 0.3 is 0 Å². The Morgan fingerprint density at radius 1 is 1.29 bits per heavy atom. The zero-order valence-electron chi connectivity index (χ0n) is 14.2. The highest BCUT2D eigenvalue weighted by molar-refractivity contribution is 6.01. The molecule has 4 heterocycles. The molecule has 1 aromatic carbocycles. The first-order valence-corrected chi connectivity index (χ1v) is 9.26. The van der Waals surface area contributed by atoms with Gasteiger partial charge in [-0.2, -0.15) is 0 Å². The number of H-pyrrole nitrogens is 1. The highest BCUT2D eigenvalue weighted by Gasteiger charge is 2.52. The summed E-state index contributed by atoms with van der Waals surface area (Å²) >= 11 is 0. The van der Waals surface area contributed by atoms with Crippen LogP contribution in [0.1, 0.15) is 53.7 Å². The van der Waals surface area contributed by atoms with Crippen LogP contribution >= 0.6 is 0 Å². The Kier molecular flexibility index (Phi) is 3.08. The summed E-state index contributed by atoms with van der Waals surface area (Å²) < 4.78 is 6.74. The van der Waals surface area contributed by atoms with Crippen molar-refractivity contribution in [1.82, 2.24) is 9.88 Å². The van der Waals surface area contributed by atoms with Crippen molar-refractivity contribution >= 4 is 17.2 Å². The molecular formula is C20H24N2O2. The van der Waals surface area contributed by atoms with Gasteiger partial charge in [-0.15, -0.1) is 0 Å². The molecular weight excluding hydrogens is 300 g/mol. The molecule has 2 atom stereocenters. The average Bonchev–Trinajstić information content (AvgIpc) is 2.93. The molecule has 24 heavy (non-hydrogen) atoms. The number of carbonyl (C=O) groups is 1. The molecule has 4 nitrogen and oxygen atoms in total. The molecule has 1 N–H and O–H groups in total.